The van der Waals surface area contributed by atoms with Gasteiger partial charge in [-0.1, -0.05) is 0 Å². The largest absolute Gasteiger partial charge is 0.502 e. The van der Waals surface area contributed by atoms with Crippen molar-refractivity contribution in [1.82, 2.24) is 0 Å². The Kier molecular flexibility index (Phi) is 5.05. The van der Waals surface area contributed by atoms with Crippen molar-refractivity contribution in [3.05, 3.63) is 23.5 Å². The number of phenols is 1. The summed E-state index contributed by atoms with van der Waals surface area (Å²) in [4.78, 5) is 11.0. The number of ether oxygens (including phenoxy) is 3. The van der Waals surface area contributed by atoms with Gasteiger partial charge in [0.05, 0.1) is 20.8 Å². The number of carbonyl (C=O) groups is 1. The van der Waals surface area contributed by atoms with E-state index in [1.165, 1.54) is 32.4 Å². The van der Waals surface area contributed by atoms with Crippen LogP contribution < -0.4 is 9.47 Å². The highest BCUT2D eigenvalue weighted by Gasteiger charge is 2.13. The number of hydrogen-bond acceptors (Lipinski definition) is 5. The third kappa shape index (κ3) is 3.54. The molecule has 0 fully saturated rings. The molecule has 0 radical (unpaired) electrons. The normalized spacial score (nSPS) is 11.0. The summed E-state index contributed by atoms with van der Waals surface area (Å²) >= 11 is 0. The molecule has 0 aliphatic heterocycles. The number of methoxy groups -OCH3 is 2. The van der Waals surface area contributed by atoms with Crippen LogP contribution in [0.25, 0.3) is 6.08 Å². The SMILES string of the molecule is CCOC(=Cc1cc(OC)c(O)c(OC)c1)C(=O)O. The number of phenolic OH excluding ortho intramolecular Hbond substituents is 1. The lowest BCUT2D eigenvalue weighted by Gasteiger charge is -2.10. The van der Waals surface area contributed by atoms with Gasteiger partial charge in [0.25, 0.3) is 0 Å². The van der Waals surface area contributed by atoms with E-state index in [2.05, 4.69) is 0 Å². The van der Waals surface area contributed by atoms with Crippen LogP contribution in [0.1, 0.15) is 12.5 Å². The zero-order valence-corrected chi connectivity index (χ0v) is 11.0. The molecule has 0 bridgehead atoms. The van der Waals surface area contributed by atoms with Gasteiger partial charge in [-0.3, -0.25) is 0 Å². The van der Waals surface area contributed by atoms with Crippen LogP contribution in [-0.2, 0) is 9.53 Å². The molecule has 0 saturated carbocycles. The number of hydrogen-bond donors (Lipinski definition) is 2. The van der Waals surface area contributed by atoms with E-state index >= 15 is 0 Å². The van der Waals surface area contributed by atoms with Gasteiger partial charge in [-0.05, 0) is 30.7 Å². The Balaban J connectivity index is 3.26. The number of aliphatic carboxylic acids is 1. The van der Waals surface area contributed by atoms with Crippen molar-refractivity contribution in [2.45, 2.75) is 6.92 Å². The zero-order valence-electron chi connectivity index (χ0n) is 11.0. The minimum Gasteiger partial charge on any atom is -0.502 e. The first-order valence-electron chi connectivity index (χ1n) is 5.56. The number of aromatic hydroxyl groups is 1. The Hall–Kier alpha value is -2.37. The average molecular weight is 268 g/mol. The van der Waals surface area contributed by atoms with Gasteiger partial charge >= 0.3 is 5.97 Å². The predicted molar refractivity (Wildman–Crippen MR) is 68.4 cm³/mol. The molecule has 0 atom stereocenters. The van der Waals surface area contributed by atoms with Crippen LogP contribution in [0, 0.1) is 0 Å². The van der Waals surface area contributed by atoms with Crippen LogP contribution in [0.5, 0.6) is 17.2 Å². The van der Waals surface area contributed by atoms with Gasteiger partial charge in [0.2, 0.25) is 11.5 Å². The molecule has 0 amide bonds. The maximum atomic E-state index is 11.0. The summed E-state index contributed by atoms with van der Waals surface area (Å²) in [7, 11) is 2.78. The third-order valence-electron chi connectivity index (χ3n) is 2.31. The van der Waals surface area contributed by atoms with Crippen LogP contribution in [0.15, 0.2) is 17.9 Å². The number of rotatable bonds is 6. The van der Waals surface area contributed by atoms with Crippen molar-refractivity contribution in [1.29, 1.82) is 0 Å². The Morgan fingerprint density at radius 3 is 2.16 bits per heavy atom. The number of carboxylic acids is 1. The zero-order chi connectivity index (χ0) is 14.4. The Morgan fingerprint density at radius 1 is 1.26 bits per heavy atom. The first-order valence-corrected chi connectivity index (χ1v) is 5.56. The van der Waals surface area contributed by atoms with E-state index in [1.807, 2.05) is 0 Å². The molecule has 1 aromatic rings. The lowest BCUT2D eigenvalue weighted by molar-refractivity contribution is -0.136. The highest BCUT2D eigenvalue weighted by atomic mass is 16.5. The minimum absolute atomic E-state index is 0.143. The Labute approximate surface area is 110 Å². The molecule has 19 heavy (non-hydrogen) atoms. The van der Waals surface area contributed by atoms with Crippen LogP contribution in [0.3, 0.4) is 0 Å². The van der Waals surface area contributed by atoms with Crippen LogP contribution in [0.2, 0.25) is 0 Å². The summed E-state index contributed by atoms with van der Waals surface area (Å²) in [6.07, 6.45) is 1.33. The summed E-state index contributed by atoms with van der Waals surface area (Å²) in [6, 6.07) is 2.97. The second-order valence-electron chi connectivity index (χ2n) is 3.52. The molecule has 1 rings (SSSR count). The second-order valence-corrected chi connectivity index (χ2v) is 3.52. The van der Waals surface area contributed by atoms with E-state index in [1.54, 1.807) is 6.92 Å². The first kappa shape index (κ1) is 14.7. The van der Waals surface area contributed by atoms with Crippen LogP contribution in [0.4, 0.5) is 0 Å². The number of benzene rings is 1. The van der Waals surface area contributed by atoms with Gasteiger partial charge in [-0.15, -0.1) is 0 Å². The average Bonchev–Trinajstić information content (AvgIpc) is 2.39. The van der Waals surface area contributed by atoms with Gasteiger partial charge in [0.1, 0.15) is 0 Å². The lowest BCUT2D eigenvalue weighted by Crippen LogP contribution is -2.04. The molecular weight excluding hydrogens is 252 g/mol. The standard InChI is InChI=1S/C13H16O6/c1-4-19-11(13(15)16)7-8-5-9(17-2)12(14)10(6-8)18-3/h5-7,14H,4H2,1-3H3,(H,15,16). The van der Waals surface area contributed by atoms with Gasteiger partial charge < -0.3 is 24.4 Å². The highest BCUT2D eigenvalue weighted by molar-refractivity contribution is 5.90. The van der Waals surface area contributed by atoms with Crippen LogP contribution in [-0.4, -0.2) is 37.0 Å². The van der Waals surface area contributed by atoms with Crippen molar-refractivity contribution < 1.29 is 29.2 Å². The van der Waals surface area contributed by atoms with Gasteiger partial charge in [0, 0.05) is 0 Å². The molecule has 0 saturated heterocycles. The molecule has 2 N–H and O–H groups in total. The smallest absolute Gasteiger partial charge is 0.371 e. The molecule has 0 aromatic heterocycles. The Morgan fingerprint density at radius 2 is 1.79 bits per heavy atom. The topological polar surface area (TPSA) is 85.2 Å². The molecule has 1 aromatic carbocycles. The fourth-order valence-electron chi connectivity index (χ4n) is 1.47. The molecule has 0 unspecified atom stereocenters. The maximum Gasteiger partial charge on any atom is 0.371 e. The van der Waals surface area contributed by atoms with Gasteiger partial charge in [0.15, 0.2) is 11.5 Å². The molecule has 0 heterocycles. The molecule has 0 aliphatic rings. The quantitative estimate of drug-likeness (QED) is 0.605. The minimum atomic E-state index is -1.17. The van der Waals surface area contributed by atoms with Crippen molar-refractivity contribution in [2.24, 2.45) is 0 Å². The van der Waals surface area contributed by atoms with Crippen molar-refractivity contribution in [2.75, 3.05) is 20.8 Å². The summed E-state index contributed by atoms with van der Waals surface area (Å²) in [5.74, 6) is -1.14. The van der Waals surface area contributed by atoms with E-state index in [0.29, 0.717) is 5.56 Å². The fourth-order valence-corrected chi connectivity index (χ4v) is 1.47. The summed E-state index contributed by atoms with van der Waals surface area (Å²) in [5, 5.41) is 18.7. The fraction of sp³-hybridized carbons (Fsp3) is 0.308. The van der Waals surface area contributed by atoms with Crippen molar-refractivity contribution >= 4 is 12.0 Å². The monoisotopic (exact) mass is 268 g/mol. The summed E-state index contributed by atoms with van der Waals surface area (Å²) in [6.45, 7) is 1.93. The lowest BCUT2D eigenvalue weighted by atomic mass is 10.1. The molecule has 104 valence electrons. The van der Waals surface area contributed by atoms with E-state index in [0.717, 1.165) is 0 Å². The Bertz CT molecular complexity index is 467. The van der Waals surface area contributed by atoms with E-state index in [9.17, 15) is 9.90 Å². The second kappa shape index (κ2) is 6.53. The van der Waals surface area contributed by atoms with Crippen LogP contribution >= 0.6 is 0 Å². The first-order chi connectivity index (χ1) is 9.03. The highest BCUT2D eigenvalue weighted by Crippen LogP contribution is 2.37. The van der Waals surface area contributed by atoms with E-state index in [-0.39, 0.29) is 29.6 Å². The predicted octanol–water partition coefficient (Wildman–Crippen LogP) is 1.87. The number of carboxylic acid groups (broad SMARTS) is 1. The van der Waals surface area contributed by atoms with Gasteiger partial charge in [-0.25, -0.2) is 4.79 Å². The van der Waals surface area contributed by atoms with Crippen molar-refractivity contribution in [3.8, 4) is 17.2 Å². The molecular formula is C13H16O6. The summed E-state index contributed by atoms with van der Waals surface area (Å²) < 4.78 is 15.0. The van der Waals surface area contributed by atoms with E-state index < -0.39 is 5.97 Å². The van der Waals surface area contributed by atoms with Crippen molar-refractivity contribution in [3.63, 3.8) is 0 Å². The third-order valence-corrected chi connectivity index (χ3v) is 2.31. The van der Waals surface area contributed by atoms with E-state index in [4.69, 9.17) is 19.3 Å². The summed E-state index contributed by atoms with van der Waals surface area (Å²) in [5.41, 5.74) is 0.484. The maximum absolute atomic E-state index is 11.0. The molecule has 6 nitrogen and oxygen atoms in total. The molecule has 0 aliphatic carbocycles. The van der Waals surface area contributed by atoms with Gasteiger partial charge in [-0.2, -0.15) is 0 Å². The molecule has 0 spiro atoms. The molecule has 6 heteroatoms.